The van der Waals surface area contributed by atoms with E-state index in [0.29, 0.717) is 16.5 Å². The maximum absolute atomic E-state index is 13.0. The van der Waals surface area contributed by atoms with Crippen molar-refractivity contribution in [2.24, 2.45) is 0 Å². The number of halogens is 1. The summed E-state index contributed by atoms with van der Waals surface area (Å²) in [6.07, 6.45) is 2.81. The Morgan fingerprint density at radius 2 is 1.43 bits per heavy atom. The molecule has 1 saturated heterocycles. The van der Waals surface area contributed by atoms with Crippen molar-refractivity contribution >= 4 is 38.7 Å². The molecule has 28 heavy (non-hydrogen) atoms. The van der Waals surface area contributed by atoms with Gasteiger partial charge in [-0.2, -0.15) is 4.31 Å². The summed E-state index contributed by atoms with van der Waals surface area (Å²) in [5.74, 6) is -0.321. The number of hydrogen-bond donors (Lipinski definition) is 2. The van der Waals surface area contributed by atoms with Gasteiger partial charge in [-0.1, -0.05) is 6.42 Å². The van der Waals surface area contributed by atoms with E-state index in [1.165, 1.54) is 12.1 Å². The molecule has 2 atom stereocenters. The molecule has 2 aromatic carbocycles. The molecule has 2 aromatic rings. The molecule has 0 aliphatic carbocycles. The molecule has 0 radical (unpaired) electrons. The van der Waals surface area contributed by atoms with Gasteiger partial charge in [0.25, 0.3) is 0 Å². The SMILES string of the molecule is C[C@H]1CCC[C@H](C)N1S(=O)(=O)c1ccc(NC(=S)Nc2ccc(F)cc2)cc1. The third-order valence-electron chi connectivity index (χ3n) is 4.90. The lowest BCUT2D eigenvalue weighted by Crippen LogP contribution is -2.47. The molecule has 8 heteroatoms. The molecular weight excluding hydrogens is 397 g/mol. The molecular formula is C20H24FN3O2S2. The molecule has 1 heterocycles. The van der Waals surface area contributed by atoms with Crippen LogP contribution in [0.25, 0.3) is 0 Å². The van der Waals surface area contributed by atoms with Gasteiger partial charge in [0.2, 0.25) is 10.0 Å². The van der Waals surface area contributed by atoms with Crippen LogP contribution >= 0.6 is 12.2 Å². The Labute approximate surface area is 171 Å². The molecule has 3 rings (SSSR count). The number of thiocarbonyl (C=S) groups is 1. The van der Waals surface area contributed by atoms with Crippen LogP contribution in [-0.4, -0.2) is 29.9 Å². The van der Waals surface area contributed by atoms with Gasteiger partial charge in [0.15, 0.2) is 5.11 Å². The highest BCUT2D eigenvalue weighted by Gasteiger charge is 2.35. The molecule has 1 aliphatic heterocycles. The number of nitrogens with zero attached hydrogens (tertiary/aromatic N) is 1. The van der Waals surface area contributed by atoms with E-state index in [2.05, 4.69) is 10.6 Å². The molecule has 1 fully saturated rings. The fourth-order valence-electron chi connectivity index (χ4n) is 3.53. The van der Waals surface area contributed by atoms with Crippen LogP contribution in [0.5, 0.6) is 0 Å². The number of benzene rings is 2. The first-order chi connectivity index (χ1) is 13.3. The first-order valence-corrected chi connectivity index (χ1v) is 11.1. The third kappa shape index (κ3) is 4.68. The lowest BCUT2D eigenvalue weighted by molar-refractivity contribution is 0.204. The molecule has 0 saturated carbocycles. The Balaban J connectivity index is 1.68. The van der Waals surface area contributed by atoms with Gasteiger partial charge in [-0.15, -0.1) is 0 Å². The van der Waals surface area contributed by atoms with Crippen molar-refractivity contribution in [1.82, 2.24) is 4.31 Å². The predicted octanol–water partition coefficient (Wildman–Crippen LogP) is 4.59. The average molecular weight is 422 g/mol. The maximum atomic E-state index is 13.0. The van der Waals surface area contributed by atoms with Crippen LogP contribution < -0.4 is 10.6 Å². The van der Waals surface area contributed by atoms with Gasteiger partial charge in [0, 0.05) is 23.5 Å². The second kappa shape index (κ2) is 8.55. The molecule has 0 unspecified atom stereocenters. The fraction of sp³-hybridized carbons (Fsp3) is 0.350. The maximum Gasteiger partial charge on any atom is 0.243 e. The van der Waals surface area contributed by atoms with E-state index in [1.54, 1.807) is 40.7 Å². The Bertz CT molecular complexity index is 921. The van der Waals surface area contributed by atoms with E-state index in [9.17, 15) is 12.8 Å². The lowest BCUT2D eigenvalue weighted by atomic mass is 10.0. The number of piperidine rings is 1. The van der Waals surface area contributed by atoms with Crippen molar-refractivity contribution in [3.63, 3.8) is 0 Å². The molecule has 0 amide bonds. The number of anilines is 2. The second-order valence-corrected chi connectivity index (χ2v) is 9.33. The fourth-order valence-corrected chi connectivity index (χ4v) is 5.65. The molecule has 1 aliphatic rings. The highest BCUT2D eigenvalue weighted by Crippen LogP contribution is 2.30. The van der Waals surface area contributed by atoms with Crippen LogP contribution in [0.4, 0.5) is 15.8 Å². The summed E-state index contributed by atoms with van der Waals surface area (Å²) >= 11 is 5.25. The third-order valence-corrected chi connectivity index (χ3v) is 7.25. The monoisotopic (exact) mass is 421 g/mol. The van der Waals surface area contributed by atoms with Gasteiger partial charge in [-0.25, -0.2) is 12.8 Å². The first kappa shape index (κ1) is 20.7. The number of nitrogens with one attached hydrogen (secondary N) is 2. The summed E-state index contributed by atoms with van der Waals surface area (Å²) in [5.41, 5.74) is 1.32. The number of sulfonamides is 1. The van der Waals surface area contributed by atoms with E-state index >= 15 is 0 Å². The predicted molar refractivity (Wildman–Crippen MR) is 114 cm³/mol. The number of hydrogen-bond acceptors (Lipinski definition) is 3. The van der Waals surface area contributed by atoms with E-state index in [-0.39, 0.29) is 22.8 Å². The topological polar surface area (TPSA) is 61.4 Å². The minimum Gasteiger partial charge on any atom is -0.332 e. The summed E-state index contributed by atoms with van der Waals surface area (Å²) < 4.78 is 40.7. The summed E-state index contributed by atoms with van der Waals surface area (Å²) in [7, 11) is -3.54. The quantitative estimate of drug-likeness (QED) is 0.708. The average Bonchev–Trinajstić information content (AvgIpc) is 2.64. The van der Waals surface area contributed by atoms with Crippen molar-refractivity contribution in [2.75, 3.05) is 10.6 Å². The Morgan fingerprint density at radius 3 is 1.93 bits per heavy atom. The lowest BCUT2D eigenvalue weighted by Gasteiger charge is -2.37. The molecule has 0 aromatic heterocycles. The van der Waals surface area contributed by atoms with Gasteiger partial charge >= 0.3 is 0 Å². The summed E-state index contributed by atoms with van der Waals surface area (Å²) in [6, 6.07) is 12.4. The van der Waals surface area contributed by atoms with Crippen molar-refractivity contribution in [3.05, 3.63) is 54.3 Å². The molecule has 5 nitrogen and oxygen atoms in total. The molecule has 150 valence electrons. The Morgan fingerprint density at radius 1 is 0.964 bits per heavy atom. The standard InChI is InChI=1S/C20H24FN3O2S2/c1-14-4-3-5-15(2)24(14)28(25,26)19-12-10-18(11-13-19)23-20(27)22-17-8-6-16(21)7-9-17/h6-15H,3-5H2,1-2H3,(H2,22,23,27)/t14-,15-/m0/s1. The van der Waals surface area contributed by atoms with Gasteiger partial charge in [0.1, 0.15) is 5.82 Å². The molecule has 0 spiro atoms. The highest BCUT2D eigenvalue weighted by molar-refractivity contribution is 7.89. The summed E-state index contributed by atoms with van der Waals surface area (Å²) in [4.78, 5) is 0.274. The van der Waals surface area contributed by atoms with Crippen LogP contribution in [0, 0.1) is 5.82 Å². The van der Waals surface area contributed by atoms with Gasteiger partial charge in [-0.05, 0) is 87.4 Å². The van der Waals surface area contributed by atoms with Gasteiger partial charge < -0.3 is 10.6 Å². The van der Waals surface area contributed by atoms with Crippen molar-refractivity contribution < 1.29 is 12.8 Å². The Hall–Kier alpha value is -2.03. The first-order valence-electron chi connectivity index (χ1n) is 9.24. The van der Waals surface area contributed by atoms with Crippen molar-refractivity contribution in [3.8, 4) is 0 Å². The van der Waals surface area contributed by atoms with E-state index in [1.807, 2.05) is 13.8 Å². The Kier molecular flexibility index (Phi) is 6.32. The zero-order valence-electron chi connectivity index (χ0n) is 15.9. The zero-order valence-corrected chi connectivity index (χ0v) is 17.5. The second-order valence-electron chi connectivity index (χ2n) is 7.07. The molecule has 0 bridgehead atoms. The van der Waals surface area contributed by atoms with E-state index in [4.69, 9.17) is 12.2 Å². The van der Waals surface area contributed by atoms with Crippen LogP contribution in [0.15, 0.2) is 53.4 Å². The molecule has 2 N–H and O–H groups in total. The van der Waals surface area contributed by atoms with Gasteiger partial charge in [-0.3, -0.25) is 0 Å². The summed E-state index contributed by atoms with van der Waals surface area (Å²) in [5, 5.41) is 6.29. The number of rotatable bonds is 4. The van der Waals surface area contributed by atoms with Crippen LogP contribution in [0.1, 0.15) is 33.1 Å². The van der Waals surface area contributed by atoms with Crippen LogP contribution in [-0.2, 0) is 10.0 Å². The van der Waals surface area contributed by atoms with Crippen LogP contribution in [0.3, 0.4) is 0 Å². The smallest absolute Gasteiger partial charge is 0.243 e. The van der Waals surface area contributed by atoms with Crippen molar-refractivity contribution in [2.45, 2.75) is 50.1 Å². The van der Waals surface area contributed by atoms with E-state index in [0.717, 1.165) is 19.3 Å². The van der Waals surface area contributed by atoms with E-state index < -0.39 is 10.0 Å². The summed E-state index contributed by atoms with van der Waals surface area (Å²) in [6.45, 7) is 3.92. The van der Waals surface area contributed by atoms with Crippen molar-refractivity contribution in [1.29, 1.82) is 0 Å². The largest absolute Gasteiger partial charge is 0.332 e. The highest BCUT2D eigenvalue weighted by atomic mass is 32.2. The van der Waals surface area contributed by atoms with Gasteiger partial charge in [0.05, 0.1) is 4.90 Å². The minimum absolute atomic E-state index is 0.000890. The normalized spacial score (nSPS) is 20.5. The van der Waals surface area contributed by atoms with Crippen LogP contribution in [0.2, 0.25) is 0 Å². The minimum atomic E-state index is -3.54. The zero-order chi connectivity index (χ0) is 20.3.